The number of nitrogens with zero attached hydrogens (tertiary/aromatic N) is 1. The summed E-state index contributed by atoms with van der Waals surface area (Å²) in [6.45, 7) is 10.7. The van der Waals surface area contributed by atoms with E-state index in [0.29, 0.717) is 48.6 Å². The number of carbonyl (C=O) groups excluding carboxylic acids is 2. The molecular weight excluding hydrogens is 338 g/mol. The number of amides is 1. The molecule has 0 saturated heterocycles. The molecule has 1 heterocycles. The number of Topliss-reactive ketones (excluding diaryl/α,β-unsaturated/α-hetero) is 1. The normalized spacial score (nSPS) is 15.3. The van der Waals surface area contributed by atoms with Gasteiger partial charge in [0.1, 0.15) is 5.76 Å². The van der Waals surface area contributed by atoms with E-state index in [1.165, 1.54) is 5.56 Å². The Bertz CT molecular complexity index is 861. The van der Waals surface area contributed by atoms with Crippen molar-refractivity contribution in [3.8, 4) is 0 Å². The van der Waals surface area contributed by atoms with Crippen LogP contribution in [0.5, 0.6) is 0 Å². The van der Waals surface area contributed by atoms with Gasteiger partial charge in [-0.25, -0.2) is 0 Å². The molecule has 0 fully saturated rings. The third kappa shape index (κ3) is 4.05. The lowest BCUT2D eigenvalue weighted by atomic mass is 9.76. The largest absolute Gasteiger partial charge is 0.455 e. The molecule has 1 aromatic carbocycles. The number of ketones is 1. The number of carbonyl (C=O) groups is 2. The van der Waals surface area contributed by atoms with Gasteiger partial charge in [0.15, 0.2) is 11.5 Å². The molecule has 0 saturated carbocycles. The van der Waals surface area contributed by atoms with Crippen molar-refractivity contribution in [3.63, 3.8) is 0 Å². The van der Waals surface area contributed by atoms with E-state index in [4.69, 9.17) is 4.42 Å². The molecule has 1 amide bonds. The van der Waals surface area contributed by atoms with E-state index in [9.17, 15) is 9.59 Å². The molecule has 1 aliphatic carbocycles. The number of benzene rings is 1. The van der Waals surface area contributed by atoms with Gasteiger partial charge in [0.2, 0.25) is 0 Å². The van der Waals surface area contributed by atoms with Gasteiger partial charge in [0.25, 0.3) is 5.91 Å². The monoisotopic (exact) mass is 365 g/mol. The molecule has 27 heavy (non-hydrogen) atoms. The zero-order valence-electron chi connectivity index (χ0n) is 16.4. The average molecular weight is 365 g/mol. The van der Waals surface area contributed by atoms with Gasteiger partial charge in [-0.2, -0.15) is 0 Å². The molecule has 0 unspecified atom stereocenters. The van der Waals surface area contributed by atoms with Crippen molar-refractivity contribution in [2.45, 2.75) is 40.0 Å². The third-order valence-electron chi connectivity index (χ3n) is 5.12. The second-order valence-corrected chi connectivity index (χ2v) is 8.07. The van der Waals surface area contributed by atoms with E-state index in [1.54, 1.807) is 11.0 Å². The van der Waals surface area contributed by atoms with Gasteiger partial charge in [0.05, 0.1) is 5.56 Å². The molecule has 0 spiro atoms. The van der Waals surface area contributed by atoms with Crippen molar-refractivity contribution in [1.82, 2.24) is 4.90 Å². The molecule has 0 bridgehead atoms. The summed E-state index contributed by atoms with van der Waals surface area (Å²) in [5.74, 6) is 0.837. The molecule has 0 N–H and O–H groups in total. The Morgan fingerprint density at radius 2 is 1.96 bits per heavy atom. The van der Waals surface area contributed by atoms with Crippen LogP contribution in [0.15, 0.2) is 47.4 Å². The van der Waals surface area contributed by atoms with Crippen LogP contribution in [0.3, 0.4) is 0 Å². The van der Waals surface area contributed by atoms with E-state index >= 15 is 0 Å². The number of hydrogen-bond acceptors (Lipinski definition) is 3. The van der Waals surface area contributed by atoms with E-state index < -0.39 is 0 Å². The zero-order chi connectivity index (χ0) is 19.6. The van der Waals surface area contributed by atoms with Crippen molar-refractivity contribution < 1.29 is 14.0 Å². The first kappa shape index (κ1) is 19.2. The average Bonchev–Trinajstić information content (AvgIpc) is 2.94. The van der Waals surface area contributed by atoms with Crippen molar-refractivity contribution in [2.24, 2.45) is 5.41 Å². The summed E-state index contributed by atoms with van der Waals surface area (Å²) in [5.41, 5.74) is 2.32. The van der Waals surface area contributed by atoms with Crippen LogP contribution >= 0.6 is 0 Å². The molecule has 4 heteroatoms. The van der Waals surface area contributed by atoms with Crippen LogP contribution < -0.4 is 0 Å². The fourth-order valence-electron chi connectivity index (χ4n) is 3.77. The number of furan rings is 1. The molecular formula is C23H27NO3. The minimum Gasteiger partial charge on any atom is -0.455 e. The fraction of sp³-hybridized carbons (Fsp3) is 0.391. The standard InChI is InChI=1S/C23H27NO3/c1-5-12-24(13-11-17-9-7-6-8-10-17)22(26)21-16(2)20-18(25)14-23(3,4)15-19(20)27-21/h5-10H,1,11-15H2,2-4H3. The molecule has 4 nitrogen and oxygen atoms in total. The van der Waals surface area contributed by atoms with Crippen molar-refractivity contribution >= 4 is 11.7 Å². The summed E-state index contributed by atoms with van der Waals surface area (Å²) in [4.78, 5) is 27.4. The lowest BCUT2D eigenvalue weighted by Crippen LogP contribution is -2.33. The highest BCUT2D eigenvalue weighted by Crippen LogP contribution is 2.38. The van der Waals surface area contributed by atoms with Crippen LogP contribution in [-0.4, -0.2) is 29.7 Å². The van der Waals surface area contributed by atoms with Crippen LogP contribution in [0, 0.1) is 12.3 Å². The van der Waals surface area contributed by atoms with Gasteiger partial charge < -0.3 is 9.32 Å². The molecule has 1 aromatic heterocycles. The van der Waals surface area contributed by atoms with Gasteiger partial charge in [-0.3, -0.25) is 9.59 Å². The van der Waals surface area contributed by atoms with E-state index in [0.717, 1.165) is 6.42 Å². The van der Waals surface area contributed by atoms with Gasteiger partial charge in [-0.05, 0) is 24.3 Å². The SMILES string of the molecule is C=CCN(CCc1ccccc1)C(=O)c1oc2c(c1C)C(=O)CC(C)(C)C2. The Morgan fingerprint density at radius 1 is 1.26 bits per heavy atom. The highest BCUT2D eigenvalue weighted by atomic mass is 16.4. The smallest absolute Gasteiger partial charge is 0.290 e. The van der Waals surface area contributed by atoms with Gasteiger partial charge in [-0.15, -0.1) is 6.58 Å². The number of rotatable bonds is 6. The van der Waals surface area contributed by atoms with Crippen molar-refractivity contribution in [3.05, 3.63) is 71.2 Å². The van der Waals surface area contributed by atoms with Crippen LogP contribution in [0.4, 0.5) is 0 Å². The summed E-state index contributed by atoms with van der Waals surface area (Å²) < 4.78 is 5.94. The Hall–Kier alpha value is -2.62. The van der Waals surface area contributed by atoms with Crippen LogP contribution in [0.1, 0.15) is 58.1 Å². The van der Waals surface area contributed by atoms with Gasteiger partial charge >= 0.3 is 0 Å². The highest BCUT2D eigenvalue weighted by molar-refractivity contribution is 6.03. The quantitative estimate of drug-likeness (QED) is 0.702. The predicted molar refractivity (Wildman–Crippen MR) is 106 cm³/mol. The minimum atomic E-state index is -0.177. The van der Waals surface area contributed by atoms with Gasteiger partial charge in [0, 0.05) is 31.5 Å². The van der Waals surface area contributed by atoms with Gasteiger partial charge in [-0.1, -0.05) is 50.3 Å². The molecule has 0 radical (unpaired) electrons. The molecule has 2 aromatic rings. The van der Waals surface area contributed by atoms with Crippen molar-refractivity contribution in [1.29, 1.82) is 0 Å². The first-order chi connectivity index (χ1) is 12.8. The van der Waals surface area contributed by atoms with E-state index in [-0.39, 0.29) is 17.1 Å². The zero-order valence-corrected chi connectivity index (χ0v) is 16.4. The first-order valence-electron chi connectivity index (χ1n) is 9.42. The second kappa shape index (κ2) is 7.55. The lowest BCUT2D eigenvalue weighted by molar-refractivity contribution is 0.0737. The predicted octanol–water partition coefficient (Wildman–Crippen LogP) is 4.61. The molecule has 0 atom stereocenters. The number of hydrogen-bond donors (Lipinski definition) is 0. The lowest BCUT2D eigenvalue weighted by Gasteiger charge is -2.27. The van der Waals surface area contributed by atoms with Crippen molar-refractivity contribution in [2.75, 3.05) is 13.1 Å². The number of fused-ring (bicyclic) bond motifs is 1. The third-order valence-corrected chi connectivity index (χ3v) is 5.12. The fourth-order valence-corrected chi connectivity index (χ4v) is 3.77. The summed E-state index contributed by atoms with van der Waals surface area (Å²) >= 11 is 0. The summed E-state index contributed by atoms with van der Waals surface area (Å²) in [7, 11) is 0. The molecule has 3 rings (SSSR count). The Labute approximate surface area is 160 Å². The minimum absolute atomic E-state index is 0.0705. The topological polar surface area (TPSA) is 50.5 Å². The molecule has 142 valence electrons. The summed E-state index contributed by atoms with van der Waals surface area (Å²) in [5, 5.41) is 0. The van der Waals surface area contributed by atoms with E-state index in [2.05, 4.69) is 20.4 Å². The highest BCUT2D eigenvalue weighted by Gasteiger charge is 2.37. The Kier molecular flexibility index (Phi) is 5.36. The summed E-state index contributed by atoms with van der Waals surface area (Å²) in [6, 6.07) is 10.1. The first-order valence-corrected chi connectivity index (χ1v) is 9.42. The van der Waals surface area contributed by atoms with Crippen LogP contribution in [0.25, 0.3) is 0 Å². The molecule has 1 aliphatic rings. The maximum Gasteiger partial charge on any atom is 0.290 e. The second-order valence-electron chi connectivity index (χ2n) is 8.07. The molecule has 0 aliphatic heterocycles. The maximum absolute atomic E-state index is 13.1. The maximum atomic E-state index is 13.1. The summed E-state index contributed by atoms with van der Waals surface area (Å²) in [6.07, 6.45) is 3.63. The Balaban J connectivity index is 1.84. The van der Waals surface area contributed by atoms with E-state index in [1.807, 2.05) is 37.3 Å². The van der Waals surface area contributed by atoms with Crippen LogP contribution in [-0.2, 0) is 12.8 Å². The Morgan fingerprint density at radius 3 is 2.63 bits per heavy atom. The van der Waals surface area contributed by atoms with Crippen LogP contribution in [0.2, 0.25) is 0 Å².